The quantitative estimate of drug-likeness (QED) is 0.642. The number of aromatic amines is 1. The molecule has 136 valence electrons. The van der Waals surface area contributed by atoms with Crippen molar-refractivity contribution in [3.8, 4) is 22.5 Å². The van der Waals surface area contributed by atoms with E-state index in [9.17, 15) is 16.8 Å². The van der Waals surface area contributed by atoms with E-state index in [1.54, 1.807) is 30.3 Å². The van der Waals surface area contributed by atoms with Gasteiger partial charge in [0.2, 0.25) is 15.8 Å². The molecule has 0 saturated carbocycles. The van der Waals surface area contributed by atoms with Crippen LogP contribution in [0.3, 0.4) is 0 Å². The molecule has 2 aromatic heterocycles. The van der Waals surface area contributed by atoms with Gasteiger partial charge in [0, 0.05) is 18.1 Å². The van der Waals surface area contributed by atoms with Crippen LogP contribution in [0.1, 0.15) is 0 Å². The third kappa shape index (κ3) is 3.86. The van der Waals surface area contributed by atoms with Gasteiger partial charge >= 0.3 is 0 Å². The number of nitrogens with zero attached hydrogens (tertiary/aromatic N) is 4. The Morgan fingerprint density at radius 3 is 2.46 bits per heavy atom. The van der Waals surface area contributed by atoms with Gasteiger partial charge in [0.1, 0.15) is 0 Å². The minimum absolute atomic E-state index is 0.0648. The molecule has 0 spiro atoms. The van der Waals surface area contributed by atoms with Gasteiger partial charge in [-0.25, -0.2) is 21.8 Å². The highest BCUT2D eigenvalue weighted by atomic mass is 32.2. The molecule has 3 rings (SSSR count). The maximum Gasteiger partial charge on any atom is 0.229 e. The van der Waals surface area contributed by atoms with E-state index in [2.05, 4.69) is 30.3 Å². The summed E-state index contributed by atoms with van der Waals surface area (Å²) in [5.74, 6) is 0.0648. The molecule has 0 fully saturated rings. The van der Waals surface area contributed by atoms with E-state index in [1.807, 2.05) is 0 Å². The summed E-state index contributed by atoms with van der Waals surface area (Å²) in [6, 6.07) is 8.10. The summed E-state index contributed by atoms with van der Waals surface area (Å²) in [6.45, 7) is 0. The maximum absolute atomic E-state index is 12.1. The normalized spacial score (nSPS) is 12.1. The van der Waals surface area contributed by atoms with E-state index in [0.29, 0.717) is 16.8 Å². The molecule has 0 unspecified atom stereocenters. The van der Waals surface area contributed by atoms with Crippen LogP contribution in [0.2, 0.25) is 0 Å². The van der Waals surface area contributed by atoms with Crippen LogP contribution >= 0.6 is 0 Å². The summed E-state index contributed by atoms with van der Waals surface area (Å²) in [6.07, 6.45) is 3.43. The Balaban J connectivity index is 2.25. The zero-order valence-corrected chi connectivity index (χ0v) is 15.3. The summed E-state index contributed by atoms with van der Waals surface area (Å²) in [4.78, 5) is 3.95. The van der Waals surface area contributed by atoms with Gasteiger partial charge in [-0.2, -0.15) is 5.21 Å². The summed E-state index contributed by atoms with van der Waals surface area (Å²) in [7, 11) is -7.13. The molecule has 0 aliphatic heterocycles. The van der Waals surface area contributed by atoms with Crippen molar-refractivity contribution in [2.24, 2.45) is 0 Å². The van der Waals surface area contributed by atoms with Gasteiger partial charge in [-0.3, -0.25) is 4.72 Å². The van der Waals surface area contributed by atoms with E-state index < -0.39 is 19.9 Å². The predicted molar refractivity (Wildman–Crippen MR) is 94.4 cm³/mol. The Morgan fingerprint density at radius 2 is 1.85 bits per heavy atom. The largest absolute Gasteiger partial charge is 0.284 e. The molecule has 2 heterocycles. The number of nitrogens with one attached hydrogen (secondary N) is 2. The van der Waals surface area contributed by atoms with Gasteiger partial charge in [0.15, 0.2) is 14.9 Å². The molecule has 0 saturated heterocycles. The predicted octanol–water partition coefficient (Wildman–Crippen LogP) is 0.704. The van der Waals surface area contributed by atoms with Crippen LogP contribution in [0.15, 0.2) is 41.6 Å². The monoisotopic (exact) mass is 394 g/mol. The minimum Gasteiger partial charge on any atom is -0.284 e. The van der Waals surface area contributed by atoms with Crippen molar-refractivity contribution in [1.29, 1.82) is 0 Å². The fraction of sp³-hybridized carbons (Fsp3) is 0.143. The van der Waals surface area contributed by atoms with Crippen LogP contribution in [0.25, 0.3) is 22.5 Å². The number of hydrogen-bond acceptors (Lipinski definition) is 8. The van der Waals surface area contributed by atoms with Crippen molar-refractivity contribution in [3.05, 3.63) is 36.5 Å². The summed E-state index contributed by atoms with van der Waals surface area (Å²) < 4.78 is 49.6. The first-order valence-electron chi connectivity index (χ1n) is 7.16. The average Bonchev–Trinajstić information content (AvgIpc) is 3.06. The van der Waals surface area contributed by atoms with Gasteiger partial charge in [0.05, 0.1) is 11.8 Å². The second kappa shape index (κ2) is 6.46. The van der Waals surface area contributed by atoms with Crippen LogP contribution in [-0.4, -0.2) is 55.0 Å². The number of sulfonamides is 1. The van der Waals surface area contributed by atoms with Crippen molar-refractivity contribution in [1.82, 2.24) is 25.6 Å². The van der Waals surface area contributed by atoms with E-state index >= 15 is 0 Å². The number of sulfone groups is 1. The topological polar surface area (TPSA) is 148 Å². The number of tetrazole rings is 1. The van der Waals surface area contributed by atoms with Crippen molar-refractivity contribution >= 4 is 25.5 Å². The van der Waals surface area contributed by atoms with Gasteiger partial charge < -0.3 is 0 Å². The lowest BCUT2D eigenvalue weighted by Gasteiger charge is -2.12. The summed E-state index contributed by atoms with van der Waals surface area (Å²) >= 11 is 0. The first-order valence-corrected chi connectivity index (χ1v) is 10.9. The molecule has 0 radical (unpaired) electrons. The Kier molecular flexibility index (Phi) is 4.46. The van der Waals surface area contributed by atoms with Gasteiger partial charge in [-0.15, -0.1) is 10.2 Å². The Bertz CT molecular complexity index is 1160. The molecule has 1 aromatic carbocycles. The number of H-pyrrole nitrogens is 1. The molecule has 12 heteroatoms. The van der Waals surface area contributed by atoms with E-state index in [1.165, 1.54) is 6.20 Å². The van der Waals surface area contributed by atoms with Crippen LogP contribution < -0.4 is 4.72 Å². The number of benzene rings is 1. The highest BCUT2D eigenvalue weighted by molar-refractivity contribution is 7.92. The number of rotatable bonds is 5. The number of pyridine rings is 1. The Hall–Kier alpha value is -2.86. The lowest BCUT2D eigenvalue weighted by atomic mass is 10.0. The van der Waals surface area contributed by atoms with Crippen molar-refractivity contribution in [2.75, 3.05) is 17.2 Å². The van der Waals surface area contributed by atoms with Crippen LogP contribution in [-0.2, 0) is 19.9 Å². The SMILES string of the molecule is CS(=O)(=O)Nc1cccc(-c2ccnc(S(C)(=O)=O)c2-c2nn[nH]n2)c1. The molecular weight excluding hydrogens is 380 g/mol. The van der Waals surface area contributed by atoms with E-state index in [-0.39, 0.29) is 16.4 Å². The lowest BCUT2D eigenvalue weighted by Crippen LogP contribution is -2.09. The standard InChI is InChI=1S/C14H14N6O4S2/c1-25(21,22)14-12(13-16-19-20-17-13)11(6-7-15-14)9-4-3-5-10(8-9)18-26(2,23)24/h3-8,18H,1-2H3,(H,16,17,19,20). The summed E-state index contributed by atoms with van der Waals surface area (Å²) in [5.41, 5.74) is 1.55. The second-order valence-electron chi connectivity index (χ2n) is 5.50. The van der Waals surface area contributed by atoms with Crippen LogP contribution in [0.5, 0.6) is 0 Å². The maximum atomic E-state index is 12.1. The molecule has 3 aromatic rings. The second-order valence-corrected chi connectivity index (χ2v) is 9.18. The highest BCUT2D eigenvalue weighted by Gasteiger charge is 2.23. The number of hydrogen-bond donors (Lipinski definition) is 2. The zero-order valence-electron chi connectivity index (χ0n) is 13.7. The molecule has 0 amide bonds. The molecule has 10 nitrogen and oxygen atoms in total. The molecule has 0 aliphatic rings. The third-order valence-electron chi connectivity index (χ3n) is 3.31. The minimum atomic E-state index is -3.67. The zero-order chi connectivity index (χ0) is 18.9. The molecule has 26 heavy (non-hydrogen) atoms. The first-order chi connectivity index (χ1) is 12.1. The number of anilines is 1. The van der Waals surface area contributed by atoms with Crippen molar-refractivity contribution in [2.45, 2.75) is 5.03 Å². The van der Waals surface area contributed by atoms with Crippen LogP contribution in [0, 0.1) is 0 Å². The molecule has 0 bridgehead atoms. The highest BCUT2D eigenvalue weighted by Crippen LogP contribution is 2.34. The lowest BCUT2D eigenvalue weighted by molar-refractivity contribution is 0.598. The van der Waals surface area contributed by atoms with Crippen LogP contribution in [0.4, 0.5) is 5.69 Å². The first kappa shape index (κ1) is 17.9. The Labute approximate surface area is 149 Å². The van der Waals surface area contributed by atoms with Gasteiger partial charge in [-0.1, -0.05) is 12.1 Å². The fourth-order valence-electron chi connectivity index (χ4n) is 2.41. The average molecular weight is 394 g/mol. The smallest absolute Gasteiger partial charge is 0.229 e. The third-order valence-corrected chi connectivity index (χ3v) is 4.93. The molecule has 0 aliphatic carbocycles. The van der Waals surface area contributed by atoms with E-state index in [4.69, 9.17) is 0 Å². The summed E-state index contributed by atoms with van der Waals surface area (Å²) in [5, 5.41) is 13.3. The fourth-order valence-corrected chi connectivity index (χ4v) is 3.79. The molecule has 0 atom stereocenters. The van der Waals surface area contributed by atoms with E-state index in [0.717, 1.165) is 12.5 Å². The van der Waals surface area contributed by atoms with Gasteiger partial charge in [0.25, 0.3) is 0 Å². The number of aromatic nitrogens is 5. The Morgan fingerprint density at radius 1 is 1.08 bits per heavy atom. The van der Waals surface area contributed by atoms with Gasteiger partial charge in [-0.05, 0) is 34.5 Å². The van der Waals surface area contributed by atoms with Crippen molar-refractivity contribution < 1.29 is 16.8 Å². The molecular formula is C14H14N6O4S2. The molecule has 2 N–H and O–H groups in total. The van der Waals surface area contributed by atoms with Crippen molar-refractivity contribution in [3.63, 3.8) is 0 Å².